The molecule has 0 saturated heterocycles. The van der Waals surface area contributed by atoms with E-state index in [9.17, 15) is 0 Å². The summed E-state index contributed by atoms with van der Waals surface area (Å²) < 4.78 is 7.35. The van der Waals surface area contributed by atoms with Crippen molar-refractivity contribution in [2.45, 2.75) is 24.5 Å². The number of imidazole rings is 1. The molecular weight excluding hydrogens is 286 g/mol. The molecule has 3 aromatic heterocycles. The van der Waals surface area contributed by atoms with Crippen LogP contribution in [0.3, 0.4) is 0 Å². The number of nitrogens with zero attached hydrogens (tertiary/aromatic N) is 4. The molecule has 3 rings (SSSR count). The molecule has 0 spiro atoms. The summed E-state index contributed by atoms with van der Waals surface area (Å²) in [5, 5.41) is 4.28. The average molecular weight is 303 g/mol. The zero-order valence-corrected chi connectivity index (χ0v) is 12.6. The van der Waals surface area contributed by atoms with Crippen LogP contribution >= 0.6 is 11.8 Å². The van der Waals surface area contributed by atoms with Gasteiger partial charge in [0, 0.05) is 6.54 Å². The Balaban J connectivity index is 1.53. The van der Waals surface area contributed by atoms with Crippen LogP contribution in [-0.2, 0) is 13.1 Å². The predicted octanol–water partition coefficient (Wildman–Crippen LogP) is 2.32. The summed E-state index contributed by atoms with van der Waals surface area (Å²) in [5.41, 5.74) is 1.79. The number of nitrogens with one attached hydrogen (secondary N) is 1. The first-order valence-corrected chi connectivity index (χ1v) is 8.04. The second-order valence-electron chi connectivity index (χ2n) is 4.60. The van der Waals surface area contributed by atoms with Crippen LogP contribution in [0.1, 0.15) is 12.2 Å². The van der Waals surface area contributed by atoms with Gasteiger partial charge < -0.3 is 14.3 Å². The van der Waals surface area contributed by atoms with Gasteiger partial charge in [0.15, 0.2) is 5.65 Å². The Morgan fingerprint density at radius 3 is 3.10 bits per heavy atom. The second-order valence-corrected chi connectivity index (χ2v) is 5.40. The van der Waals surface area contributed by atoms with E-state index in [4.69, 9.17) is 4.42 Å². The van der Waals surface area contributed by atoms with Gasteiger partial charge in [-0.1, -0.05) is 0 Å². The van der Waals surface area contributed by atoms with Gasteiger partial charge in [0.1, 0.15) is 22.6 Å². The Labute approximate surface area is 127 Å². The maximum atomic E-state index is 5.27. The molecule has 0 fully saturated rings. The van der Waals surface area contributed by atoms with Crippen molar-refractivity contribution in [3.05, 3.63) is 36.8 Å². The highest BCUT2D eigenvalue weighted by atomic mass is 32.2. The van der Waals surface area contributed by atoms with E-state index in [1.54, 1.807) is 24.4 Å². The van der Waals surface area contributed by atoms with Crippen molar-refractivity contribution in [2.24, 2.45) is 0 Å². The van der Waals surface area contributed by atoms with E-state index in [1.165, 1.54) is 0 Å². The summed E-state index contributed by atoms with van der Waals surface area (Å²) in [4.78, 5) is 13.0. The molecule has 3 aromatic rings. The minimum atomic E-state index is 0.760. The van der Waals surface area contributed by atoms with Crippen LogP contribution in [0.5, 0.6) is 0 Å². The maximum absolute atomic E-state index is 5.27. The van der Waals surface area contributed by atoms with E-state index in [2.05, 4.69) is 24.8 Å². The third-order valence-electron chi connectivity index (χ3n) is 3.19. The summed E-state index contributed by atoms with van der Waals surface area (Å²) in [5.74, 6) is 0.959. The van der Waals surface area contributed by atoms with Gasteiger partial charge in [-0.05, 0) is 31.4 Å². The number of rotatable bonds is 7. The van der Waals surface area contributed by atoms with E-state index in [1.807, 2.05) is 24.7 Å². The van der Waals surface area contributed by atoms with Crippen molar-refractivity contribution in [1.29, 1.82) is 0 Å². The van der Waals surface area contributed by atoms with E-state index in [0.717, 1.165) is 48.0 Å². The molecule has 110 valence electrons. The third kappa shape index (κ3) is 3.25. The fourth-order valence-electron chi connectivity index (χ4n) is 2.17. The van der Waals surface area contributed by atoms with Gasteiger partial charge in [-0.25, -0.2) is 15.0 Å². The molecule has 0 saturated carbocycles. The van der Waals surface area contributed by atoms with Gasteiger partial charge >= 0.3 is 0 Å². The van der Waals surface area contributed by atoms with Crippen molar-refractivity contribution in [2.75, 3.05) is 12.8 Å². The SMILES string of the molecule is CSc1ncnc2c1ncn2CCCNCc1ccco1. The van der Waals surface area contributed by atoms with Gasteiger partial charge in [-0.15, -0.1) is 11.8 Å². The van der Waals surface area contributed by atoms with E-state index in [0.29, 0.717) is 0 Å². The fraction of sp³-hybridized carbons (Fsp3) is 0.357. The van der Waals surface area contributed by atoms with E-state index < -0.39 is 0 Å². The van der Waals surface area contributed by atoms with Gasteiger partial charge in [0.05, 0.1) is 19.1 Å². The smallest absolute Gasteiger partial charge is 0.164 e. The van der Waals surface area contributed by atoms with Crippen LogP contribution in [0.2, 0.25) is 0 Å². The van der Waals surface area contributed by atoms with Gasteiger partial charge in [0.2, 0.25) is 0 Å². The highest BCUT2D eigenvalue weighted by molar-refractivity contribution is 7.98. The van der Waals surface area contributed by atoms with Gasteiger partial charge in [0.25, 0.3) is 0 Å². The van der Waals surface area contributed by atoms with Crippen LogP contribution in [0, 0.1) is 0 Å². The van der Waals surface area contributed by atoms with E-state index >= 15 is 0 Å². The molecule has 0 aromatic carbocycles. The molecule has 0 unspecified atom stereocenters. The molecule has 0 amide bonds. The number of aromatic nitrogens is 4. The molecule has 0 radical (unpaired) electrons. The zero-order chi connectivity index (χ0) is 14.5. The molecule has 1 N–H and O–H groups in total. The van der Waals surface area contributed by atoms with Gasteiger partial charge in [-0.3, -0.25) is 0 Å². The Morgan fingerprint density at radius 1 is 1.33 bits per heavy atom. The molecule has 6 nitrogen and oxygen atoms in total. The normalized spacial score (nSPS) is 11.3. The first kappa shape index (κ1) is 14.1. The Kier molecular flexibility index (Phi) is 4.52. The number of aryl methyl sites for hydroxylation is 1. The topological polar surface area (TPSA) is 68.8 Å². The number of fused-ring (bicyclic) bond motifs is 1. The standard InChI is InChI=1S/C14H17N5OS/c1-21-14-12-13(16-9-17-14)19(10-18-12)6-3-5-15-8-11-4-2-7-20-11/h2,4,7,9-10,15H,3,5-6,8H2,1H3. The van der Waals surface area contributed by atoms with Gasteiger partial charge in [-0.2, -0.15) is 0 Å². The Hall–Kier alpha value is -1.86. The van der Waals surface area contributed by atoms with Crippen molar-refractivity contribution in [3.63, 3.8) is 0 Å². The first-order chi connectivity index (χ1) is 10.4. The van der Waals surface area contributed by atoms with Crippen molar-refractivity contribution in [1.82, 2.24) is 24.8 Å². The summed E-state index contributed by atoms with van der Waals surface area (Å²) in [7, 11) is 0. The molecular formula is C14H17N5OS. The van der Waals surface area contributed by atoms with E-state index in [-0.39, 0.29) is 0 Å². The number of furan rings is 1. The summed E-state index contributed by atoms with van der Waals surface area (Å²) >= 11 is 1.59. The average Bonchev–Trinajstić information content (AvgIpc) is 3.16. The molecule has 0 atom stereocenters. The van der Waals surface area contributed by atoms with Crippen LogP contribution in [0.25, 0.3) is 11.2 Å². The predicted molar refractivity (Wildman–Crippen MR) is 82.1 cm³/mol. The molecule has 0 bridgehead atoms. The lowest BCUT2D eigenvalue weighted by Crippen LogP contribution is -2.16. The van der Waals surface area contributed by atoms with Crippen LogP contribution in [0.15, 0.2) is 40.5 Å². The quantitative estimate of drug-likeness (QED) is 0.410. The van der Waals surface area contributed by atoms with Crippen molar-refractivity contribution >= 4 is 22.9 Å². The lowest BCUT2D eigenvalue weighted by molar-refractivity contribution is 0.476. The maximum Gasteiger partial charge on any atom is 0.164 e. The molecule has 3 heterocycles. The number of thioether (sulfide) groups is 1. The van der Waals surface area contributed by atoms with Crippen molar-refractivity contribution < 1.29 is 4.42 Å². The Bertz CT molecular complexity index is 695. The Morgan fingerprint density at radius 2 is 2.29 bits per heavy atom. The molecule has 0 aliphatic carbocycles. The lowest BCUT2D eigenvalue weighted by atomic mass is 10.4. The third-order valence-corrected chi connectivity index (χ3v) is 3.88. The number of hydrogen-bond acceptors (Lipinski definition) is 6. The summed E-state index contributed by atoms with van der Waals surface area (Å²) in [6.07, 6.45) is 8.13. The van der Waals surface area contributed by atoms with Crippen LogP contribution in [0.4, 0.5) is 0 Å². The largest absolute Gasteiger partial charge is 0.468 e. The van der Waals surface area contributed by atoms with Crippen LogP contribution in [-0.4, -0.2) is 32.3 Å². The molecule has 21 heavy (non-hydrogen) atoms. The highest BCUT2D eigenvalue weighted by Crippen LogP contribution is 2.20. The first-order valence-electron chi connectivity index (χ1n) is 6.81. The molecule has 0 aliphatic rings. The summed E-state index contributed by atoms with van der Waals surface area (Å²) in [6.45, 7) is 2.56. The fourth-order valence-corrected chi connectivity index (χ4v) is 2.66. The molecule has 0 aliphatic heterocycles. The number of hydrogen-bond donors (Lipinski definition) is 1. The minimum Gasteiger partial charge on any atom is -0.468 e. The monoisotopic (exact) mass is 303 g/mol. The second kappa shape index (κ2) is 6.73. The minimum absolute atomic E-state index is 0.760. The highest BCUT2D eigenvalue weighted by Gasteiger charge is 2.08. The lowest BCUT2D eigenvalue weighted by Gasteiger charge is -2.05. The summed E-state index contributed by atoms with van der Waals surface area (Å²) in [6, 6.07) is 3.87. The molecule has 7 heteroatoms. The van der Waals surface area contributed by atoms with Crippen LogP contribution < -0.4 is 5.32 Å². The van der Waals surface area contributed by atoms with Crippen molar-refractivity contribution in [3.8, 4) is 0 Å². The zero-order valence-electron chi connectivity index (χ0n) is 11.8.